The molecule has 1 aromatic heterocycles. The molecule has 0 saturated heterocycles. The first-order chi connectivity index (χ1) is 6.24. The largest absolute Gasteiger partial charge is 0.250 e. The predicted molar refractivity (Wildman–Crippen MR) is 52.2 cm³/mol. The highest BCUT2D eigenvalue weighted by Gasteiger charge is 2.02. The van der Waals surface area contributed by atoms with E-state index in [1.807, 2.05) is 10.9 Å². The van der Waals surface area contributed by atoms with Gasteiger partial charge < -0.3 is 0 Å². The van der Waals surface area contributed by atoms with E-state index < -0.39 is 0 Å². The van der Waals surface area contributed by atoms with Gasteiger partial charge in [0.25, 0.3) is 0 Å². The van der Waals surface area contributed by atoms with Crippen LogP contribution in [-0.2, 0) is 6.42 Å². The third-order valence-electron chi connectivity index (χ3n) is 1.84. The Bertz CT molecular complexity index is 293. The van der Waals surface area contributed by atoms with Gasteiger partial charge in [-0.3, -0.25) is 0 Å². The standard InChI is InChI=1S/C10H15N3/c1-4-5-6-7-10-8-13(9(2)3)12-11-10/h1,8-9H,5-7H2,2-3H3. The van der Waals surface area contributed by atoms with E-state index >= 15 is 0 Å². The molecule has 3 nitrogen and oxygen atoms in total. The van der Waals surface area contributed by atoms with Crippen LogP contribution < -0.4 is 0 Å². The highest BCUT2D eigenvalue weighted by atomic mass is 15.4. The fourth-order valence-corrected chi connectivity index (χ4v) is 1.05. The Kier molecular flexibility index (Phi) is 3.51. The maximum Gasteiger partial charge on any atom is 0.0827 e. The first kappa shape index (κ1) is 9.79. The molecule has 0 aromatic carbocycles. The van der Waals surface area contributed by atoms with E-state index in [0.717, 1.165) is 25.0 Å². The maximum atomic E-state index is 5.15. The molecule has 0 radical (unpaired) electrons. The van der Waals surface area contributed by atoms with Crippen molar-refractivity contribution in [1.82, 2.24) is 15.0 Å². The fourth-order valence-electron chi connectivity index (χ4n) is 1.05. The van der Waals surface area contributed by atoms with Crippen LogP contribution in [0.3, 0.4) is 0 Å². The van der Waals surface area contributed by atoms with Crippen molar-refractivity contribution in [3.8, 4) is 12.3 Å². The third kappa shape index (κ3) is 2.90. The van der Waals surface area contributed by atoms with Crippen molar-refractivity contribution >= 4 is 0 Å². The monoisotopic (exact) mass is 177 g/mol. The molecule has 70 valence electrons. The Balaban J connectivity index is 2.45. The summed E-state index contributed by atoms with van der Waals surface area (Å²) in [6.45, 7) is 4.17. The van der Waals surface area contributed by atoms with Crippen molar-refractivity contribution in [2.24, 2.45) is 0 Å². The Morgan fingerprint density at radius 1 is 1.62 bits per heavy atom. The average molecular weight is 177 g/mol. The van der Waals surface area contributed by atoms with Crippen LogP contribution in [-0.4, -0.2) is 15.0 Å². The summed E-state index contributed by atoms with van der Waals surface area (Å²) in [5.41, 5.74) is 1.03. The first-order valence-electron chi connectivity index (χ1n) is 4.58. The topological polar surface area (TPSA) is 30.7 Å². The number of rotatable bonds is 4. The van der Waals surface area contributed by atoms with Crippen LogP contribution in [0.15, 0.2) is 6.20 Å². The van der Waals surface area contributed by atoms with Crippen molar-refractivity contribution in [2.45, 2.75) is 39.2 Å². The predicted octanol–water partition coefficient (Wildman–Crippen LogP) is 1.81. The van der Waals surface area contributed by atoms with Gasteiger partial charge in [-0.15, -0.1) is 17.4 Å². The molecule has 0 N–H and O–H groups in total. The Morgan fingerprint density at radius 3 is 2.92 bits per heavy atom. The molecule has 0 bridgehead atoms. The maximum absolute atomic E-state index is 5.15. The minimum absolute atomic E-state index is 0.383. The minimum Gasteiger partial charge on any atom is -0.250 e. The number of terminal acetylenes is 1. The Morgan fingerprint density at radius 2 is 2.38 bits per heavy atom. The van der Waals surface area contributed by atoms with Gasteiger partial charge in [0.05, 0.1) is 5.69 Å². The number of hydrogen-bond donors (Lipinski definition) is 0. The van der Waals surface area contributed by atoms with E-state index in [2.05, 4.69) is 30.1 Å². The fraction of sp³-hybridized carbons (Fsp3) is 0.600. The average Bonchev–Trinajstić information content (AvgIpc) is 2.53. The second-order valence-electron chi connectivity index (χ2n) is 3.34. The van der Waals surface area contributed by atoms with Gasteiger partial charge in [-0.25, -0.2) is 4.68 Å². The summed E-state index contributed by atoms with van der Waals surface area (Å²) in [5, 5.41) is 8.06. The quantitative estimate of drug-likeness (QED) is 0.518. The Labute approximate surface area is 79.1 Å². The highest BCUT2D eigenvalue weighted by Crippen LogP contribution is 2.05. The summed E-state index contributed by atoms with van der Waals surface area (Å²) in [4.78, 5) is 0. The highest BCUT2D eigenvalue weighted by molar-refractivity contribution is 4.94. The van der Waals surface area contributed by atoms with E-state index in [1.165, 1.54) is 0 Å². The van der Waals surface area contributed by atoms with Crippen LogP contribution in [0, 0.1) is 12.3 Å². The van der Waals surface area contributed by atoms with Gasteiger partial charge in [0, 0.05) is 18.7 Å². The van der Waals surface area contributed by atoms with Gasteiger partial charge in [0.15, 0.2) is 0 Å². The molecule has 0 atom stereocenters. The second kappa shape index (κ2) is 4.66. The lowest BCUT2D eigenvalue weighted by Gasteiger charge is -2.00. The summed E-state index contributed by atoms with van der Waals surface area (Å²) in [5.74, 6) is 2.61. The van der Waals surface area contributed by atoms with Crippen LogP contribution >= 0.6 is 0 Å². The van der Waals surface area contributed by atoms with Gasteiger partial charge in [-0.1, -0.05) is 5.21 Å². The molecule has 0 aliphatic heterocycles. The number of aryl methyl sites for hydroxylation is 1. The van der Waals surface area contributed by atoms with E-state index in [4.69, 9.17) is 6.42 Å². The molecule has 13 heavy (non-hydrogen) atoms. The van der Waals surface area contributed by atoms with Crippen LogP contribution in [0.2, 0.25) is 0 Å². The molecule has 3 heteroatoms. The van der Waals surface area contributed by atoms with E-state index in [0.29, 0.717) is 6.04 Å². The van der Waals surface area contributed by atoms with Crippen molar-refractivity contribution in [1.29, 1.82) is 0 Å². The van der Waals surface area contributed by atoms with Gasteiger partial charge >= 0.3 is 0 Å². The summed E-state index contributed by atoms with van der Waals surface area (Å²) in [6.07, 6.45) is 9.88. The molecular weight excluding hydrogens is 162 g/mol. The van der Waals surface area contributed by atoms with E-state index in [9.17, 15) is 0 Å². The molecule has 0 fully saturated rings. The summed E-state index contributed by atoms with van der Waals surface area (Å²) >= 11 is 0. The number of aromatic nitrogens is 3. The second-order valence-corrected chi connectivity index (χ2v) is 3.34. The van der Waals surface area contributed by atoms with Crippen LogP contribution in [0.4, 0.5) is 0 Å². The normalized spacial score (nSPS) is 10.3. The van der Waals surface area contributed by atoms with Gasteiger partial charge in [-0.05, 0) is 26.7 Å². The molecule has 1 aromatic rings. The minimum atomic E-state index is 0.383. The Hall–Kier alpha value is -1.30. The number of unbranched alkanes of at least 4 members (excludes halogenated alkanes) is 1. The van der Waals surface area contributed by atoms with E-state index in [1.54, 1.807) is 0 Å². The third-order valence-corrected chi connectivity index (χ3v) is 1.84. The molecule has 0 aliphatic carbocycles. The molecule has 0 amide bonds. The number of nitrogens with zero attached hydrogens (tertiary/aromatic N) is 3. The first-order valence-corrected chi connectivity index (χ1v) is 4.58. The SMILES string of the molecule is C#CCCCc1cn(C(C)C)nn1. The zero-order valence-electron chi connectivity index (χ0n) is 8.20. The molecule has 0 spiro atoms. The molecule has 0 aliphatic rings. The van der Waals surface area contributed by atoms with Crippen molar-refractivity contribution in [2.75, 3.05) is 0 Å². The van der Waals surface area contributed by atoms with Gasteiger partial charge in [-0.2, -0.15) is 0 Å². The zero-order chi connectivity index (χ0) is 9.68. The molecule has 1 rings (SSSR count). The molecule has 1 heterocycles. The van der Waals surface area contributed by atoms with Crippen LogP contribution in [0.25, 0.3) is 0 Å². The molecule has 0 saturated carbocycles. The molecule has 0 unspecified atom stereocenters. The van der Waals surface area contributed by atoms with Crippen LogP contribution in [0.1, 0.15) is 38.4 Å². The van der Waals surface area contributed by atoms with Crippen molar-refractivity contribution in [3.05, 3.63) is 11.9 Å². The van der Waals surface area contributed by atoms with E-state index in [-0.39, 0.29) is 0 Å². The summed E-state index contributed by atoms with van der Waals surface area (Å²) in [6, 6.07) is 0.383. The van der Waals surface area contributed by atoms with Crippen LogP contribution in [0.5, 0.6) is 0 Å². The van der Waals surface area contributed by atoms with Crippen molar-refractivity contribution in [3.63, 3.8) is 0 Å². The lowest BCUT2D eigenvalue weighted by Crippen LogP contribution is -2.00. The lowest BCUT2D eigenvalue weighted by molar-refractivity contribution is 0.514. The van der Waals surface area contributed by atoms with Gasteiger partial charge in [0.1, 0.15) is 0 Å². The smallest absolute Gasteiger partial charge is 0.0827 e. The number of hydrogen-bond acceptors (Lipinski definition) is 2. The molecular formula is C10H15N3. The van der Waals surface area contributed by atoms with Crippen molar-refractivity contribution < 1.29 is 0 Å². The summed E-state index contributed by atoms with van der Waals surface area (Å²) < 4.78 is 1.87. The lowest BCUT2D eigenvalue weighted by atomic mass is 10.2. The summed E-state index contributed by atoms with van der Waals surface area (Å²) in [7, 11) is 0. The zero-order valence-corrected chi connectivity index (χ0v) is 8.20. The van der Waals surface area contributed by atoms with Gasteiger partial charge in [0.2, 0.25) is 0 Å².